The van der Waals surface area contributed by atoms with E-state index < -0.39 is 7.94 Å². The lowest BCUT2D eigenvalue weighted by atomic mass is 9.83. The van der Waals surface area contributed by atoms with Crippen molar-refractivity contribution in [3.63, 3.8) is 0 Å². The summed E-state index contributed by atoms with van der Waals surface area (Å²) in [5, 5.41) is 1.36. The maximum Gasteiger partial charge on any atom is 0.243 e. The molecule has 46 heavy (non-hydrogen) atoms. The van der Waals surface area contributed by atoms with Gasteiger partial charge in [-0.25, -0.2) is 13.7 Å². The number of aliphatic imine (C=N–C) groups is 6. The first-order valence-electron chi connectivity index (χ1n) is 16.1. The summed E-state index contributed by atoms with van der Waals surface area (Å²) in [6.45, 7) is 11.5. The number of nitrogens with zero attached hydrogens (tertiary/aromatic N) is 7. The first kappa shape index (κ1) is 30.3. The van der Waals surface area contributed by atoms with Crippen molar-refractivity contribution in [1.29, 1.82) is 0 Å². The van der Waals surface area contributed by atoms with Gasteiger partial charge >= 0.3 is 0 Å². The van der Waals surface area contributed by atoms with Gasteiger partial charge in [0, 0.05) is 16.7 Å². The Morgan fingerprint density at radius 1 is 0.674 bits per heavy atom. The van der Waals surface area contributed by atoms with Crippen LogP contribution in [0.25, 0.3) is 0 Å². The summed E-state index contributed by atoms with van der Waals surface area (Å²) in [5.74, 6) is 1.86. The van der Waals surface area contributed by atoms with Crippen molar-refractivity contribution < 1.29 is 8.78 Å². The zero-order valence-corrected chi connectivity index (χ0v) is 27.9. The molecule has 7 nitrogen and oxygen atoms in total. The smallest absolute Gasteiger partial charge is 0.213 e. The summed E-state index contributed by atoms with van der Waals surface area (Å²) in [6.07, 6.45) is 5.89. The van der Waals surface area contributed by atoms with Gasteiger partial charge in [0.2, 0.25) is 17.9 Å². The number of aryl methyl sites for hydroxylation is 1. The number of rotatable bonds is 6. The highest BCUT2D eigenvalue weighted by molar-refractivity contribution is 7.37. The minimum absolute atomic E-state index is 0.179. The van der Waals surface area contributed by atoms with Crippen molar-refractivity contribution in [3.8, 4) is 0 Å². The lowest BCUT2D eigenvalue weighted by molar-refractivity contribution is 0.429. The van der Waals surface area contributed by atoms with E-state index >= 15 is 4.39 Å². The van der Waals surface area contributed by atoms with Gasteiger partial charge in [-0.1, -0.05) is 75.0 Å². The molecule has 0 saturated heterocycles. The Morgan fingerprint density at radius 2 is 1.20 bits per heavy atom. The van der Waals surface area contributed by atoms with Gasteiger partial charge in [-0.05, 0) is 73.7 Å². The molecule has 7 rings (SSSR count). The molecule has 0 spiro atoms. The van der Waals surface area contributed by atoms with Crippen LogP contribution in [0.2, 0.25) is 26.7 Å². The molecule has 0 unspecified atom stereocenters. The molecule has 0 aromatic heterocycles. The van der Waals surface area contributed by atoms with Gasteiger partial charge in [0.05, 0.1) is 7.94 Å². The molecular formula is C35H36BF2N7Si. The summed E-state index contributed by atoms with van der Waals surface area (Å²) in [7, 11) is -1.77. The summed E-state index contributed by atoms with van der Waals surface area (Å²) < 4.78 is 28.9. The van der Waals surface area contributed by atoms with Crippen LogP contribution in [0.4, 0.5) is 8.78 Å². The largest absolute Gasteiger partial charge is 0.243 e. The van der Waals surface area contributed by atoms with Crippen LogP contribution in [0.5, 0.6) is 0 Å². The quantitative estimate of drug-likeness (QED) is 0.267. The third-order valence-corrected chi connectivity index (χ3v) is 14.7. The van der Waals surface area contributed by atoms with Crippen LogP contribution in [-0.4, -0.2) is 54.5 Å². The molecule has 0 bridgehead atoms. The number of hydrogen-bond donors (Lipinski definition) is 0. The highest BCUT2D eigenvalue weighted by Crippen LogP contribution is 2.35. The first-order valence-corrected chi connectivity index (χ1v) is 19.2. The van der Waals surface area contributed by atoms with Gasteiger partial charge in [0.25, 0.3) is 0 Å². The molecule has 3 aromatic rings. The second-order valence-corrected chi connectivity index (χ2v) is 18.5. The molecule has 3 heterocycles. The van der Waals surface area contributed by atoms with Gasteiger partial charge in [-0.15, -0.1) is 0 Å². The molecule has 1 fully saturated rings. The second kappa shape index (κ2) is 11.8. The maximum atomic E-state index is 15.1. The van der Waals surface area contributed by atoms with E-state index in [1.165, 1.54) is 35.4 Å². The van der Waals surface area contributed by atoms with Crippen LogP contribution in [0, 0.1) is 18.6 Å². The molecule has 4 aliphatic rings. The van der Waals surface area contributed by atoms with Crippen molar-refractivity contribution in [3.05, 3.63) is 100 Å². The van der Waals surface area contributed by atoms with Crippen molar-refractivity contribution in [2.75, 3.05) is 0 Å². The van der Waals surface area contributed by atoms with E-state index in [-0.39, 0.29) is 17.6 Å². The topological polar surface area (TPSA) is 77.4 Å². The maximum absolute atomic E-state index is 15.1. The van der Waals surface area contributed by atoms with Crippen molar-refractivity contribution in [2.24, 2.45) is 30.0 Å². The molecule has 3 aliphatic heterocycles. The SMILES string of the molecule is CB(C)[Si](C)(C)c1cc(C2=NC3=NC(c4ccc(F)c(C5CCCCC5)c4)=NC4=NC(c5ccc(F)cc5)=NC(=N2)N43)ccc1C. The van der Waals surface area contributed by atoms with Gasteiger partial charge in [-0.2, -0.15) is 30.0 Å². The summed E-state index contributed by atoms with van der Waals surface area (Å²) in [4.78, 5) is 30.7. The van der Waals surface area contributed by atoms with E-state index in [9.17, 15) is 4.39 Å². The molecular weight excluding hydrogens is 595 g/mol. The van der Waals surface area contributed by atoms with Gasteiger partial charge in [0.1, 0.15) is 17.9 Å². The normalized spacial score (nSPS) is 18.1. The van der Waals surface area contributed by atoms with E-state index in [1.54, 1.807) is 23.1 Å². The molecule has 11 heteroatoms. The van der Waals surface area contributed by atoms with Crippen LogP contribution >= 0.6 is 0 Å². The average molecular weight is 632 g/mol. The van der Waals surface area contributed by atoms with Crippen molar-refractivity contribution >= 4 is 54.8 Å². The molecule has 1 aliphatic carbocycles. The van der Waals surface area contributed by atoms with Crippen molar-refractivity contribution in [2.45, 2.75) is 71.7 Å². The summed E-state index contributed by atoms with van der Waals surface area (Å²) >= 11 is 0. The van der Waals surface area contributed by atoms with Gasteiger partial charge < -0.3 is 0 Å². The average Bonchev–Trinajstić information content (AvgIpc) is 3.05. The summed E-state index contributed by atoms with van der Waals surface area (Å²) in [5.41, 5.74) is 4.18. The fourth-order valence-corrected chi connectivity index (χ4v) is 8.70. The third-order valence-electron chi connectivity index (χ3n) is 9.87. The Kier molecular flexibility index (Phi) is 7.75. The zero-order valence-electron chi connectivity index (χ0n) is 26.9. The molecule has 0 amide bonds. The van der Waals surface area contributed by atoms with Crippen LogP contribution in [0.15, 0.2) is 90.6 Å². The molecule has 0 atom stereocenters. The minimum Gasteiger partial charge on any atom is -0.213 e. The van der Waals surface area contributed by atoms with Crippen LogP contribution < -0.4 is 5.19 Å². The highest BCUT2D eigenvalue weighted by atomic mass is 28.3. The van der Waals surface area contributed by atoms with Crippen LogP contribution in [-0.2, 0) is 0 Å². The molecule has 0 N–H and O–H groups in total. The van der Waals surface area contributed by atoms with E-state index in [1.807, 2.05) is 12.1 Å². The fraction of sp³-hybridized carbons (Fsp3) is 0.314. The third kappa shape index (κ3) is 5.50. The summed E-state index contributed by atoms with van der Waals surface area (Å²) in [6, 6.07) is 17.5. The van der Waals surface area contributed by atoms with Gasteiger partial charge in [0.15, 0.2) is 17.5 Å². The Bertz CT molecular complexity index is 1920. The predicted molar refractivity (Wildman–Crippen MR) is 188 cm³/mol. The Morgan fingerprint density at radius 3 is 1.78 bits per heavy atom. The number of guanidine groups is 3. The Balaban J connectivity index is 1.37. The van der Waals surface area contributed by atoms with E-state index in [0.29, 0.717) is 58.4 Å². The van der Waals surface area contributed by atoms with Crippen molar-refractivity contribution in [1.82, 2.24) is 4.90 Å². The molecule has 0 radical (unpaired) electrons. The number of benzene rings is 3. The second-order valence-electron chi connectivity index (χ2n) is 13.4. The fourth-order valence-electron chi connectivity index (χ4n) is 6.45. The molecule has 3 aromatic carbocycles. The Hall–Kier alpha value is -4.38. The lowest BCUT2D eigenvalue weighted by Gasteiger charge is -2.31. The highest BCUT2D eigenvalue weighted by Gasteiger charge is 2.37. The monoisotopic (exact) mass is 631 g/mol. The predicted octanol–water partition coefficient (Wildman–Crippen LogP) is 7.12. The standard InChI is InChI=1S/C35H36BF2N7Si/c1-21-11-12-25(20-29(21)46(4,5)36(2)3)32-43-34-40-30(23-13-16-26(37)17-14-23)39-33-41-31(42-35(44-32)45(33)34)24-15-18-28(38)27(19-24)22-9-7-6-8-10-22/h11-20,22H,6-10H2,1-5H3. The number of halogens is 2. The van der Waals surface area contributed by atoms with E-state index in [0.717, 1.165) is 31.2 Å². The van der Waals surface area contributed by atoms with E-state index in [4.69, 9.17) is 30.0 Å². The molecule has 1 saturated carbocycles. The molecule has 232 valence electrons. The Labute approximate surface area is 269 Å². The first-order chi connectivity index (χ1) is 22.1. The van der Waals surface area contributed by atoms with Crippen LogP contribution in [0.3, 0.4) is 0 Å². The number of hydrogen-bond acceptors (Lipinski definition) is 7. The van der Waals surface area contributed by atoms with Gasteiger partial charge in [-0.3, -0.25) is 0 Å². The zero-order chi connectivity index (χ0) is 32.2. The lowest BCUT2D eigenvalue weighted by Crippen LogP contribution is -2.54. The van der Waals surface area contributed by atoms with Crippen LogP contribution in [0.1, 0.15) is 65.8 Å². The number of amidine groups is 3. The van der Waals surface area contributed by atoms with E-state index in [2.05, 4.69) is 45.8 Å². The minimum atomic E-state index is -1.77.